The van der Waals surface area contributed by atoms with E-state index < -0.39 is 0 Å². The van der Waals surface area contributed by atoms with Crippen LogP contribution >= 0.6 is 11.8 Å². The largest absolute Gasteiger partial charge is 0.491 e. The molecule has 0 aromatic heterocycles. The summed E-state index contributed by atoms with van der Waals surface area (Å²) in [6.45, 7) is 6.35. The zero-order valence-corrected chi connectivity index (χ0v) is 17.5. The molecule has 0 aliphatic carbocycles. The van der Waals surface area contributed by atoms with E-state index in [0.717, 1.165) is 34.3 Å². The van der Waals surface area contributed by atoms with Crippen molar-refractivity contribution in [1.29, 1.82) is 0 Å². The zero-order chi connectivity index (χ0) is 19.9. The van der Waals surface area contributed by atoms with Gasteiger partial charge in [0.05, 0.1) is 26.4 Å². The molecule has 0 spiro atoms. The predicted molar refractivity (Wildman–Crippen MR) is 112 cm³/mol. The molecule has 0 atom stereocenters. The molecule has 5 nitrogen and oxygen atoms in total. The van der Waals surface area contributed by atoms with Gasteiger partial charge in [0.25, 0.3) is 0 Å². The van der Waals surface area contributed by atoms with Crippen molar-refractivity contribution in [2.75, 3.05) is 53.4 Å². The van der Waals surface area contributed by atoms with Crippen LogP contribution in [0.5, 0.6) is 11.5 Å². The number of rotatable bonds is 15. The molecule has 0 heterocycles. The van der Waals surface area contributed by atoms with E-state index in [9.17, 15) is 0 Å². The predicted octanol–water partition coefficient (Wildman–Crippen LogP) is 4.69. The highest BCUT2D eigenvalue weighted by atomic mass is 32.2. The van der Waals surface area contributed by atoms with Gasteiger partial charge in [-0.2, -0.15) is 0 Å². The normalized spacial score (nSPS) is 10.8. The first-order valence-electron chi connectivity index (χ1n) is 9.60. The van der Waals surface area contributed by atoms with Gasteiger partial charge in [0.1, 0.15) is 24.7 Å². The topological polar surface area (TPSA) is 46.2 Å². The maximum absolute atomic E-state index is 5.67. The fraction of sp³-hybridized carbons (Fsp3) is 0.455. The molecule has 2 aromatic carbocycles. The Bertz CT molecular complexity index is 630. The lowest BCUT2D eigenvalue weighted by Gasteiger charge is -2.09. The van der Waals surface area contributed by atoms with Crippen molar-refractivity contribution >= 4 is 11.8 Å². The second-order valence-electron chi connectivity index (χ2n) is 5.96. The Kier molecular flexibility index (Phi) is 11.5. The van der Waals surface area contributed by atoms with Crippen LogP contribution in [0.2, 0.25) is 0 Å². The highest BCUT2D eigenvalue weighted by Gasteiger charge is 2.01. The van der Waals surface area contributed by atoms with E-state index in [-0.39, 0.29) is 0 Å². The highest BCUT2D eigenvalue weighted by Crippen LogP contribution is 2.30. The van der Waals surface area contributed by atoms with Crippen molar-refractivity contribution in [3.63, 3.8) is 0 Å². The standard InChI is InChI=1S/C22H30O5S/c1-3-12-24-15-17-26-19-4-8-21(9-5-19)28-22-10-6-20(7-11-22)27-18-16-25-14-13-23-2/h4-11H,3,12-18H2,1-2H3. The number of hydrogen-bond acceptors (Lipinski definition) is 6. The van der Waals surface area contributed by atoms with E-state index in [1.54, 1.807) is 18.9 Å². The van der Waals surface area contributed by atoms with Crippen molar-refractivity contribution < 1.29 is 23.7 Å². The van der Waals surface area contributed by atoms with Gasteiger partial charge in [0.15, 0.2) is 0 Å². The molecule has 0 bridgehead atoms. The van der Waals surface area contributed by atoms with Gasteiger partial charge in [-0.25, -0.2) is 0 Å². The molecule has 0 amide bonds. The summed E-state index contributed by atoms with van der Waals surface area (Å²) in [5.74, 6) is 1.70. The van der Waals surface area contributed by atoms with E-state index in [1.165, 1.54) is 0 Å². The summed E-state index contributed by atoms with van der Waals surface area (Å²) in [7, 11) is 1.66. The van der Waals surface area contributed by atoms with Crippen LogP contribution in [-0.2, 0) is 14.2 Å². The molecule has 0 saturated heterocycles. The third-order valence-corrected chi connectivity index (χ3v) is 4.67. The van der Waals surface area contributed by atoms with Crippen LogP contribution in [0.15, 0.2) is 58.3 Å². The average molecular weight is 407 g/mol. The molecule has 2 aromatic rings. The molecule has 0 radical (unpaired) electrons. The van der Waals surface area contributed by atoms with Crippen molar-refractivity contribution in [2.24, 2.45) is 0 Å². The third-order valence-electron chi connectivity index (χ3n) is 3.66. The quantitative estimate of drug-likeness (QED) is 0.400. The van der Waals surface area contributed by atoms with Crippen LogP contribution in [0.1, 0.15) is 13.3 Å². The van der Waals surface area contributed by atoms with Crippen molar-refractivity contribution in [3.05, 3.63) is 48.5 Å². The Labute approximate surface area is 172 Å². The monoisotopic (exact) mass is 406 g/mol. The summed E-state index contributed by atoms with van der Waals surface area (Å²) in [4.78, 5) is 2.32. The minimum Gasteiger partial charge on any atom is -0.491 e. The minimum atomic E-state index is 0.529. The molecule has 0 saturated carbocycles. The van der Waals surface area contributed by atoms with Gasteiger partial charge in [0, 0.05) is 23.5 Å². The molecule has 0 N–H and O–H groups in total. The van der Waals surface area contributed by atoms with Crippen LogP contribution in [0.3, 0.4) is 0 Å². The van der Waals surface area contributed by atoms with E-state index in [0.29, 0.717) is 39.6 Å². The lowest BCUT2D eigenvalue weighted by atomic mass is 10.3. The fourth-order valence-corrected chi connectivity index (χ4v) is 3.09. The Morgan fingerprint density at radius 2 is 1.07 bits per heavy atom. The van der Waals surface area contributed by atoms with Crippen LogP contribution < -0.4 is 9.47 Å². The Morgan fingerprint density at radius 1 is 0.607 bits per heavy atom. The van der Waals surface area contributed by atoms with Gasteiger partial charge in [0.2, 0.25) is 0 Å². The lowest BCUT2D eigenvalue weighted by Crippen LogP contribution is -2.09. The maximum atomic E-state index is 5.67. The van der Waals surface area contributed by atoms with Gasteiger partial charge < -0.3 is 23.7 Å². The first-order valence-corrected chi connectivity index (χ1v) is 10.4. The number of ether oxygens (including phenoxy) is 5. The zero-order valence-electron chi connectivity index (χ0n) is 16.7. The summed E-state index contributed by atoms with van der Waals surface area (Å²) in [6, 6.07) is 16.2. The van der Waals surface area contributed by atoms with Crippen LogP contribution in [0.25, 0.3) is 0 Å². The molecule has 0 unspecified atom stereocenters. The minimum absolute atomic E-state index is 0.529. The van der Waals surface area contributed by atoms with Gasteiger partial charge in [-0.15, -0.1) is 0 Å². The molecular formula is C22H30O5S. The molecule has 154 valence electrons. The average Bonchev–Trinajstić information content (AvgIpc) is 2.73. The van der Waals surface area contributed by atoms with Crippen LogP contribution in [0.4, 0.5) is 0 Å². The van der Waals surface area contributed by atoms with Crippen molar-refractivity contribution in [1.82, 2.24) is 0 Å². The lowest BCUT2D eigenvalue weighted by molar-refractivity contribution is 0.0544. The van der Waals surface area contributed by atoms with E-state index in [1.807, 2.05) is 24.3 Å². The molecule has 0 aliphatic rings. The van der Waals surface area contributed by atoms with Gasteiger partial charge in [-0.3, -0.25) is 0 Å². The second-order valence-corrected chi connectivity index (χ2v) is 7.11. The first-order chi connectivity index (χ1) is 13.8. The summed E-state index contributed by atoms with van der Waals surface area (Å²) >= 11 is 1.70. The van der Waals surface area contributed by atoms with Gasteiger partial charge >= 0.3 is 0 Å². The molecule has 2 rings (SSSR count). The maximum Gasteiger partial charge on any atom is 0.119 e. The third kappa shape index (κ3) is 9.46. The number of hydrogen-bond donors (Lipinski definition) is 0. The Balaban J connectivity index is 1.68. The van der Waals surface area contributed by atoms with E-state index in [2.05, 4.69) is 31.2 Å². The summed E-state index contributed by atoms with van der Waals surface area (Å²) in [5, 5.41) is 0. The van der Waals surface area contributed by atoms with Crippen molar-refractivity contribution in [3.8, 4) is 11.5 Å². The number of benzene rings is 2. The fourth-order valence-electron chi connectivity index (χ4n) is 2.27. The van der Waals surface area contributed by atoms with E-state index in [4.69, 9.17) is 23.7 Å². The number of methoxy groups -OCH3 is 1. The Morgan fingerprint density at radius 3 is 1.54 bits per heavy atom. The van der Waals surface area contributed by atoms with Crippen LogP contribution in [-0.4, -0.2) is 53.4 Å². The van der Waals surface area contributed by atoms with Crippen molar-refractivity contribution in [2.45, 2.75) is 23.1 Å². The van der Waals surface area contributed by atoms with E-state index >= 15 is 0 Å². The first kappa shape index (κ1) is 22.6. The van der Waals surface area contributed by atoms with Gasteiger partial charge in [-0.05, 0) is 55.0 Å². The molecule has 0 fully saturated rings. The summed E-state index contributed by atoms with van der Waals surface area (Å²) < 4.78 is 27.1. The molecule has 28 heavy (non-hydrogen) atoms. The second kappa shape index (κ2) is 14.3. The van der Waals surface area contributed by atoms with Gasteiger partial charge in [-0.1, -0.05) is 18.7 Å². The molecule has 0 aliphatic heterocycles. The van der Waals surface area contributed by atoms with Crippen LogP contribution in [0, 0.1) is 0 Å². The Hall–Kier alpha value is -1.73. The smallest absolute Gasteiger partial charge is 0.119 e. The summed E-state index contributed by atoms with van der Waals surface area (Å²) in [6.07, 6.45) is 1.03. The molecule has 6 heteroatoms. The summed E-state index contributed by atoms with van der Waals surface area (Å²) in [5.41, 5.74) is 0. The SMILES string of the molecule is CCCOCCOc1ccc(Sc2ccc(OCCOCCOC)cc2)cc1. The highest BCUT2D eigenvalue weighted by molar-refractivity contribution is 7.99. The molecular weight excluding hydrogens is 376 g/mol.